The van der Waals surface area contributed by atoms with E-state index in [4.69, 9.17) is 15.4 Å². The van der Waals surface area contributed by atoms with Crippen LogP contribution in [0.3, 0.4) is 0 Å². The standard InChI is InChI=1S/C15H23ClO3S/c1-11-6-7-13(15(3,4)5)14(8-11)19-9-12(2)10-20(16,17)18/h6-8,12H,9-10H2,1-5H3. The Bertz CT molecular complexity index is 559. The Kier molecular flexibility index (Phi) is 5.50. The molecule has 0 bridgehead atoms. The molecule has 114 valence electrons. The molecule has 0 fully saturated rings. The summed E-state index contributed by atoms with van der Waals surface area (Å²) in [4.78, 5) is 0. The molecule has 0 aliphatic carbocycles. The molecule has 3 nitrogen and oxygen atoms in total. The molecule has 0 N–H and O–H groups in total. The smallest absolute Gasteiger partial charge is 0.232 e. The monoisotopic (exact) mass is 318 g/mol. The summed E-state index contributed by atoms with van der Waals surface area (Å²) in [5.41, 5.74) is 2.21. The van der Waals surface area contributed by atoms with Gasteiger partial charge >= 0.3 is 0 Å². The molecule has 0 aliphatic heterocycles. The molecule has 5 heteroatoms. The summed E-state index contributed by atoms with van der Waals surface area (Å²) >= 11 is 0. The van der Waals surface area contributed by atoms with E-state index in [1.807, 2.05) is 19.9 Å². The van der Waals surface area contributed by atoms with Gasteiger partial charge in [-0.2, -0.15) is 0 Å². The van der Waals surface area contributed by atoms with E-state index in [0.717, 1.165) is 16.9 Å². The third-order valence-corrected chi connectivity index (χ3v) is 4.30. The second-order valence-corrected chi connectivity index (χ2v) is 9.19. The minimum absolute atomic E-state index is 0.0230. The van der Waals surface area contributed by atoms with Crippen LogP contribution in [0.4, 0.5) is 0 Å². The van der Waals surface area contributed by atoms with E-state index in [1.165, 1.54) is 0 Å². The van der Waals surface area contributed by atoms with Crippen LogP contribution in [0, 0.1) is 12.8 Å². The van der Waals surface area contributed by atoms with E-state index in [-0.39, 0.29) is 17.1 Å². The molecule has 0 radical (unpaired) electrons. The first-order valence-electron chi connectivity index (χ1n) is 6.65. The number of ether oxygens (including phenoxy) is 1. The van der Waals surface area contributed by atoms with Gasteiger partial charge in [-0.3, -0.25) is 0 Å². The largest absolute Gasteiger partial charge is 0.493 e. The van der Waals surface area contributed by atoms with Gasteiger partial charge in [-0.25, -0.2) is 8.42 Å². The van der Waals surface area contributed by atoms with Gasteiger partial charge in [0.1, 0.15) is 5.75 Å². The fourth-order valence-corrected chi connectivity index (χ4v) is 3.41. The van der Waals surface area contributed by atoms with E-state index in [2.05, 4.69) is 32.9 Å². The number of rotatable bonds is 5. The van der Waals surface area contributed by atoms with Gasteiger partial charge in [0.05, 0.1) is 12.4 Å². The van der Waals surface area contributed by atoms with Crippen molar-refractivity contribution in [2.24, 2.45) is 5.92 Å². The highest BCUT2D eigenvalue weighted by molar-refractivity contribution is 8.13. The van der Waals surface area contributed by atoms with E-state index < -0.39 is 9.05 Å². The van der Waals surface area contributed by atoms with Crippen LogP contribution in [0.2, 0.25) is 0 Å². The van der Waals surface area contributed by atoms with Crippen molar-refractivity contribution in [2.75, 3.05) is 12.4 Å². The first kappa shape index (κ1) is 17.3. The van der Waals surface area contributed by atoms with Crippen molar-refractivity contribution in [1.82, 2.24) is 0 Å². The van der Waals surface area contributed by atoms with Crippen molar-refractivity contribution in [3.8, 4) is 5.75 Å². The zero-order chi connectivity index (χ0) is 15.6. The van der Waals surface area contributed by atoms with Crippen LogP contribution in [0.1, 0.15) is 38.8 Å². The van der Waals surface area contributed by atoms with Crippen LogP contribution in [-0.4, -0.2) is 20.8 Å². The molecule has 1 atom stereocenters. The topological polar surface area (TPSA) is 43.4 Å². The zero-order valence-electron chi connectivity index (χ0n) is 12.7. The molecule has 1 aromatic rings. The van der Waals surface area contributed by atoms with Gasteiger partial charge in [-0.05, 0) is 29.5 Å². The number of hydrogen-bond acceptors (Lipinski definition) is 3. The highest BCUT2D eigenvalue weighted by atomic mass is 35.7. The van der Waals surface area contributed by atoms with Gasteiger partial charge in [-0.1, -0.05) is 39.8 Å². The second-order valence-electron chi connectivity index (χ2n) is 6.37. The molecule has 0 amide bonds. The number of halogens is 1. The maximum absolute atomic E-state index is 11.0. The Morgan fingerprint density at radius 3 is 2.40 bits per heavy atom. The van der Waals surface area contributed by atoms with Crippen LogP contribution in [-0.2, 0) is 14.5 Å². The minimum Gasteiger partial charge on any atom is -0.493 e. The third kappa shape index (κ3) is 5.71. The maximum Gasteiger partial charge on any atom is 0.232 e. The first-order chi connectivity index (χ1) is 8.99. The van der Waals surface area contributed by atoms with Gasteiger partial charge in [0.15, 0.2) is 0 Å². The van der Waals surface area contributed by atoms with Gasteiger partial charge in [-0.15, -0.1) is 0 Å². The Labute approximate surface area is 126 Å². The highest BCUT2D eigenvalue weighted by Gasteiger charge is 2.20. The molecule has 20 heavy (non-hydrogen) atoms. The summed E-state index contributed by atoms with van der Waals surface area (Å²) in [6, 6.07) is 6.11. The van der Waals surface area contributed by atoms with Gasteiger partial charge < -0.3 is 4.74 Å². The summed E-state index contributed by atoms with van der Waals surface area (Å²) in [7, 11) is 1.77. The fraction of sp³-hybridized carbons (Fsp3) is 0.600. The zero-order valence-corrected chi connectivity index (χ0v) is 14.3. The van der Waals surface area contributed by atoms with Crippen LogP contribution < -0.4 is 4.74 Å². The lowest BCUT2D eigenvalue weighted by Crippen LogP contribution is -2.19. The quantitative estimate of drug-likeness (QED) is 0.774. The average Bonchev–Trinajstić information content (AvgIpc) is 2.22. The summed E-state index contributed by atoms with van der Waals surface area (Å²) in [6.45, 7) is 10.5. The Morgan fingerprint density at radius 1 is 1.30 bits per heavy atom. The van der Waals surface area contributed by atoms with E-state index >= 15 is 0 Å². The molecule has 0 aromatic heterocycles. The first-order valence-corrected chi connectivity index (χ1v) is 9.13. The Hall–Kier alpha value is -0.740. The Morgan fingerprint density at radius 2 is 1.90 bits per heavy atom. The van der Waals surface area contributed by atoms with Crippen molar-refractivity contribution in [3.05, 3.63) is 29.3 Å². The molecular weight excluding hydrogens is 296 g/mol. The van der Waals surface area contributed by atoms with Crippen LogP contribution in [0.25, 0.3) is 0 Å². The summed E-state index contributed by atoms with van der Waals surface area (Å²) < 4.78 is 27.9. The predicted octanol–water partition coefficient (Wildman–Crippen LogP) is 3.88. The molecule has 0 aliphatic rings. The van der Waals surface area contributed by atoms with Crippen LogP contribution >= 0.6 is 10.7 Å². The van der Waals surface area contributed by atoms with Gasteiger partial charge in [0.25, 0.3) is 0 Å². The molecular formula is C15H23ClO3S. The average molecular weight is 319 g/mol. The molecule has 1 unspecified atom stereocenters. The van der Waals surface area contributed by atoms with Crippen molar-refractivity contribution in [1.29, 1.82) is 0 Å². The maximum atomic E-state index is 11.0. The fourth-order valence-electron chi connectivity index (χ4n) is 1.99. The van der Waals surface area contributed by atoms with Crippen molar-refractivity contribution >= 4 is 19.7 Å². The predicted molar refractivity (Wildman–Crippen MR) is 84.2 cm³/mol. The van der Waals surface area contributed by atoms with E-state index in [9.17, 15) is 8.42 Å². The lowest BCUT2D eigenvalue weighted by atomic mass is 9.86. The highest BCUT2D eigenvalue weighted by Crippen LogP contribution is 2.32. The van der Waals surface area contributed by atoms with Crippen molar-refractivity contribution in [2.45, 2.75) is 40.0 Å². The number of aryl methyl sites for hydroxylation is 1. The molecule has 0 saturated heterocycles. The molecule has 0 spiro atoms. The molecule has 1 rings (SSSR count). The molecule has 1 aromatic carbocycles. The Balaban J connectivity index is 2.84. The van der Waals surface area contributed by atoms with E-state index in [1.54, 1.807) is 0 Å². The lowest BCUT2D eigenvalue weighted by molar-refractivity contribution is 0.266. The second kappa shape index (κ2) is 6.35. The normalized spacial score (nSPS) is 14.1. The molecule has 0 heterocycles. The summed E-state index contributed by atoms with van der Waals surface area (Å²) in [5.74, 6) is 0.591. The van der Waals surface area contributed by atoms with Crippen molar-refractivity contribution < 1.29 is 13.2 Å². The van der Waals surface area contributed by atoms with Crippen LogP contribution in [0.5, 0.6) is 5.75 Å². The minimum atomic E-state index is -3.48. The SMILES string of the molecule is Cc1ccc(C(C)(C)C)c(OCC(C)CS(=O)(=O)Cl)c1. The van der Waals surface area contributed by atoms with Gasteiger partial charge in [0.2, 0.25) is 9.05 Å². The number of hydrogen-bond donors (Lipinski definition) is 0. The van der Waals surface area contributed by atoms with Crippen molar-refractivity contribution in [3.63, 3.8) is 0 Å². The third-order valence-electron chi connectivity index (χ3n) is 2.95. The summed E-state index contributed by atoms with van der Waals surface area (Å²) in [5, 5.41) is 0. The summed E-state index contributed by atoms with van der Waals surface area (Å²) in [6.07, 6.45) is 0. The van der Waals surface area contributed by atoms with Crippen LogP contribution in [0.15, 0.2) is 18.2 Å². The molecule has 0 saturated carbocycles. The van der Waals surface area contributed by atoms with E-state index in [0.29, 0.717) is 6.61 Å². The van der Waals surface area contributed by atoms with Gasteiger partial charge in [0, 0.05) is 16.6 Å². The lowest BCUT2D eigenvalue weighted by Gasteiger charge is -2.24. The number of benzene rings is 1.